The lowest BCUT2D eigenvalue weighted by Gasteiger charge is -2.36. The van der Waals surface area contributed by atoms with Gasteiger partial charge in [0.1, 0.15) is 17.3 Å². The van der Waals surface area contributed by atoms with Gasteiger partial charge in [-0.3, -0.25) is 9.59 Å². The summed E-state index contributed by atoms with van der Waals surface area (Å²) in [5.41, 5.74) is 0.511. The van der Waals surface area contributed by atoms with E-state index >= 15 is 0 Å². The summed E-state index contributed by atoms with van der Waals surface area (Å²) in [5.74, 6) is 0.424. The Balaban J connectivity index is 1.26. The highest BCUT2D eigenvalue weighted by Gasteiger charge is 2.60. The number of carbonyl (C=O) groups excluding carboxylic acids is 2. The van der Waals surface area contributed by atoms with E-state index in [1.807, 2.05) is 31.2 Å². The Labute approximate surface area is 191 Å². The summed E-state index contributed by atoms with van der Waals surface area (Å²) in [6, 6.07) is 11.6. The van der Waals surface area contributed by atoms with Crippen LogP contribution < -0.4 is 20.1 Å². The molecule has 0 heterocycles. The Morgan fingerprint density at radius 2 is 1.94 bits per heavy atom. The number of fused-ring (bicyclic) bond motifs is 1. The standard InChI is InChI=1S/C24H26ClFN2O4/c1-2-31-21-6-4-3-5-15(21)13-27-23(30)24-10-16(11-24)20(12-24)28-22(29)14-32-17-7-8-18(25)19(26)9-17/h3-9,16,20H,2,10-14H2,1H3,(H,27,30)(H,28,29)/t16?,20-,24?/m0/s1. The monoisotopic (exact) mass is 460 g/mol. The van der Waals surface area contributed by atoms with Crippen molar-refractivity contribution in [3.8, 4) is 11.5 Å². The first-order chi connectivity index (χ1) is 15.4. The van der Waals surface area contributed by atoms with E-state index < -0.39 is 11.2 Å². The van der Waals surface area contributed by atoms with Gasteiger partial charge >= 0.3 is 0 Å². The van der Waals surface area contributed by atoms with Gasteiger partial charge in [-0.25, -0.2) is 4.39 Å². The molecule has 6 nitrogen and oxygen atoms in total. The van der Waals surface area contributed by atoms with Crippen LogP contribution in [0.5, 0.6) is 11.5 Å². The molecule has 2 bridgehead atoms. The van der Waals surface area contributed by atoms with E-state index in [0.717, 1.165) is 30.2 Å². The van der Waals surface area contributed by atoms with Crippen LogP contribution in [0, 0.1) is 17.2 Å². The molecule has 2 aromatic rings. The Morgan fingerprint density at radius 1 is 1.16 bits per heavy atom. The fourth-order valence-electron chi connectivity index (χ4n) is 4.70. The molecule has 0 radical (unpaired) electrons. The molecular formula is C24H26ClFN2O4. The quantitative estimate of drug-likeness (QED) is 0.595. The lowest BCUT2D eigenvalue weighted by atomic mass is 9.69. The zero-order chi connectivity index (χ0) is 22.7. The number of rotatable bonds is 9. The lowest BCUT2D eigenvalue weighted by molar-refractivity contribution is -0.135. The SMILES string of the molecule is CCOc1ccccc1CNC(=O)C12CC(C1)[C@@H](NC(=O)COc1ccc(Cl)c(F)c1)C2. The molecule has 5 rings (SSSR count). The molecular weight excluding hydrogens is 435 g/mol. The minimum absolute atomic E-state index is 0.00233. The van der Waals surface area contributed by atoms with Gasteiger partial charge in [-0.1, -0.05) is 29.8 Å². The van der Waals surface area contributed by atoms with Crippen LogP contribution in [0.1, 0.15) is 31.7 Å². The average Bonchev–Trinajstić information content (AvgIpc) is 3.29. The largest absolute Gasteiger partial charge is 0.494 e. The van der Waals surface area contributed by atoms with Gasteiger partial charge in [0.2, 0.25) is 5.91 Å². The van der Waals surface area contributed by atoms with Gasteiger partial charge in [0.25, 0.3) is 5.91 Å². The van der Waals surface area contributed by atoms with Gasteiger partial charge in [0.15, 0.2) is 6.61 Å². The molecule has 2 N–H and O–H groups in total. The second kappa shape index (κ2) is 9.36. The van der Waals surface area contributed by atoms with Crippen molar-refractivity contribution in [1.82, 2.24) is 10.6 Å². The lowest BCUT2D eigenvalue weighted by Crippen LogP contribution is -2.44. The summed E-state index contributed by atoms with van der Waals surface area (Å²) in [4.78, 5) is 25.2. The van der Waals surface area contributed by atoms with Crippen molar-refractivity contribution in [2.45, 2.75) is 38.8 Å². The van der Waals surface area contributed by atoms with Crippen LogP contribution in [0.2, 0.25) is 5.02 Å². The maximum atomic E-state index is 13.5. The molecule has 170 valence electrons. The summed E-state index contributed by atoms with van der Waals surface area (Å²) >= 11 is 5.65. The Hall–Kier alpha value is -2.80. The highest BCUT2D eigenvalue weighted by molar-refractivity contribution is 6.30. The second-order valence-electron chi connectivity index (χ2n) is 8.41. The van der Waals surface area contributed by atoms with Gasteiger partial charge in [0, 0.05) is 24.2 Å². The molecule has 0 unspecified atom stereocenters. The number of ether oxygens (including phenoxy) is 2. The molecule has 0 aromatic heterocycles. The predicted octanol–water partition coefficient (Wildman–Crippen LogP) is 3.86. The van der Waals surface area contributed by atoms with Gasteiger partial charge < -0.3 is 20.1 Å². The third kappa shape index (κ3) is 4.67. The number of hydrogen-bond acceptors (Lipinski definition) is 4. The molecule has 3 fully saturated rings. The summed E-state index contributed by atoms with van der Waals surface area (Å²) in [5, 5.41) is 6.01. The summed E-state index contributed by atoms with van der Waals surface area (Å²) in [6.07, 6.45) is 2.14. The first kappa shape index (κ1) is 22.4. The number of carbonyl (C=O) groups is 2. The van der Waals surface area contributed by atoms with E-state index in [1.165, 1.54) is 12.1 Å². The molecule has 0 saturated heterocycles. The molecule has 0 aliphatic heterocycles. The molecule has 8 heteroatoms. The fourth-order valence-corrected chi connectivity index (χ4v) is 4.82. The zero-order valence-electron chi connectivity index (χ0n) is 17.8. The Kier molecular flexibility index (Phi) is 6.55. The smallest absolute Gasteiger partial charge is 0.258 e. The number of halogens is 2. The molecule has 3 aliphatic carbocycles. The van der Waals surface area contributed by atoms with E-state index in [9.17, 15) is 14.0 Å². The van der Waals surface area contributed by atoms with Gasteiger partial charge in [-0.05, 0) is 50.3 Å². The third-order valence-corrected chi connectivity index (χ3v) is 6.59. The summed E-state index contributed by atoms with van der Waals surface area (Å²) in [6.45, 7) is 2.67. The van der Waals surface area contributed by atoms with Crippen LogP contribution in [0.3, 0.4) is 0 Å². The van der Waals surface area contributed by atoms with E-state index in [0.29, 0.717) is 19.6 Å². The Morgan fingerprint density at radius 3 is 2.69 bits per heavy atom. The topological polar surface area (TPSA) is 76.7 Å². The van der Waals surface area contributed by atoms with Crippen LogP contribution in [0.4, 0.5) is 4.39 Å². The van der Waals surface area contributed by atoms with Crippen LogP contribution in [-0.2, 0) is 16.1 Å². The molecule has 3 aliphatic rings. The van der Waals surface area contributed by atoms with E-state index in [2.05, 4.69) is 10.6 Å². The maximum Gasteiger partial charge on any atom is 0.258 e. The maximum absolute atomic E-state index is 13.5. The number of para-hydroxylation sites is 1. The summed E-state index contributed by atoms with van der Waals surface area (Å²) in [7, 11) is 0. The predicted molar refractivity (Wildman–Crippen MR) is 118 cm³/mol. The van der Waals surface area contributed by atoms with Crippen molar-refractivity contribution in [3.05, 3.63) is 58.9 Å². The van der Waals surface area contributed by atoms with Crippen LogP contribution in [0.15, 0.2) is 42.5 Å². The second-order valence-corrected chi connectivity index (χ2v) is 8.82. The molecule has 3 saturated carbocycles. The van der Waals surface area contributed by atoms with Crippen molar-refractivity contribution < 1.29 is 23.5 Å². The van der Waals surface area contributed by atoms with Gasteiger partial charge in [0.05, 0.1) is 17.0 Å². The molecule has 32 heavy (non-hydrogen) atoms. The minimum atomic E-state index is -0.599. The van der Waals surface area contributed by atoms with Crippen LogP contribution in [0.25, 0.3) is 0 Å². The minimum Gasteiger partial charge on any atom is -0.494 e. The highest BCUT2D eigenvalue weighted by Crippen LogP contribution is 2.58. The van der Waals surface area contributed by atoms with Crippen molar-refractivity contribution in [2.24, 2.45) is 11.3 Å². The average molecular weight is 461 g/mol. The fraction of sp³-hybridized carbons (Fsp3) is 0.417. The number of hydrogen-bond donors (Lipinski definition) is 2. The number of amides is 2. The van der Waals surface area contributed by atoms with E-state index in [-0.39, 0.29) is 41.2 Å². The highest BCUT2D eigenvalue weighted by atomic mass is 35.5. The number of benzene rings is 2. The number of nitrogens with one attached hydrogen (secondary N) is 2. The molecule has 2 amide bonds. The molecule has 2 aromatic carbocycles. The third-order valence-electron chi connectivity index (χ3n) is 6.29. The van der Waals surface area contributed by atoms with Crippen molar-refractivity contribution in [3.63, 3.8) is 0 Å². The first-order valence-corrected chi connectivity index (χ1v) is 11.1. The van der Waals surface area contributed by atoms with Crippen molar-refractivity contribution in [2.75, 3.05) is 13.2 Å². The van der Waals surface area contributed by atoms with Crippen molar-refractivity contribution >= 4 is 23.4 Å². The van der Waals surface area contributed by atoms with Crippen LogP contribution in [-0.4, -0.2) is 31.1 Å². The van der Waals surface area contributed by atoms with Gasteiger partial charge in [-0.2, -0.15) is 0 Å². The summed E-state index contributed by atoms with van der Waals surface area (Å²) < 4.78 is 24.5. The Bertz CT molecular complexity index is 1010. The van der Waals surface area contributed by atoms with E-state index in [4.69, 9.17) is 21.1 Å². The normalized spacial score (nSPS) is 23.2. The first-order valence-electron chi connectivity index (χ1n) is 10.8. The molecule has 0 spiro atoms. The van der Waals surface area contributed by atoms with Crippen LogP contribution >= 0.6 is 11.6 Å². The van der Waals surface area contributed by atoms with Crippen molar-refractivity contribution in [1.29, 1.82) is 0 Å². The van der Waals surface area contributed by atoms with E-state index in [1.54, 1.807) is 0 Å². The zero-order valence-corrected chi connectivity index (χ0v) is 18.6. The van der Waals surface area contributed by atoms with Gasteiger partial charge in [-0.15, -0.1) is 0 Å². The molecule has 1 atom stereocenters.